The Morgan fingerprint density at radius 3 is 2.47 bits per heavy atom. The van der Waals surface area contributed by atoms with Gasteiger partial charge in [-0.1, -0.05) is 27.7 Å². The lowest BCUT2D eigenvalue weighted by atomic mass is 9.87. The van der Waals surface area contributed by atoms with E-state index < -0.39 is 17.4 Å². The van der Waals surface area contributed by atoms with Crippen molar-refractivity contribution in [2.24, 2.45) is 5.41 Å². The molecule has 0 aromatic heterocycles. The zero-order valence-electron chi connectivity index (χ0n) is 12.4. The maximum Gasteiger partial charge on any atom is 0.326 e. The maximum absolute atomic E-state index is 12.3. The van der Waals surface area contributed by atoms with Crippen LogP contribution in [0.5, 0.6) is 0 Å². The van der Waals surface area contributed by atoms with Crippen molar-refractivity contribution < 1.29 is 14.7 Å². The van der Waals surface area contributed by atoms with E-state index in [1.165, 1.54) is 0 Å². The van der Waals surface area contributed by atoms with E-state index in [1.807, 2.05) is 20.8 Å². The molecule has 0 saturated carbocycles. The summed E-state index contributed by atoms with van der Waals surface area (Å²) >= 11 is 0. The van der Waals surface area contributed by atoms with Crippen LogP contribution in [0.3, 0.4) is 0 Å². The summed E-state index contributed by atoms with van der Waals surface area (Å²) in [6.07, 6.45) is 4.07. The van der Waals surface area contributed by atoms with Crippen molar-refractivity contribution in [2.45, 2.75) is 65.5 Å². The molecule has 2 amide bonds. The Labute approximate surface area is 115 Å². The molecular weight excluding hydrogens is 244 g/mol. The molecule has 1 aliphatic rings. The molecule has 1 unspecified atom stereocenters. The molecule has 2 N–H and O–H groups in total. The van der Waals surface area contributed by atoms with Gasteiger partial charge in [-0.3, -0.25) is 0 Å². The molecule has 1 rings (SSSR count). The Kier molecular flexibility index (Phi) is 5.20. The van der Waals surface area contributed by atoms with E-state index in [4.69, 9.17) is 0 Å². The monoisotopic (exact) mass is 270 g/mol. The topological polar surface area (TPSA) is 69.6 Å². The van der Waals surface area contributed by atoms with E-state index in [9.17, 15) is 14.7 Å². The Balaban J connectivity index is 2.73. The largest absolute Gasteiger partial charge is 0.480 e. The lowest BCUT2D eigenvalue weighted by Gasteiger charge is -2.37. The quantitative estimate of drug-likeness (QED) is 0.827. The summed E-state index contributed by atoms with van der Waals surface area (Å²) in [5, 5.41) is 11.9. The number of carbonyl (C=O) groups is 2. The summed E-state index contributed by atoms with van der Waals surface area (Å²) in [7, 11) is 0. The third kappa shape index (κ3) is 4.11. The van der Waals surface area contributed by atoms with Gasteiger partial charge < -0.3 is 15.3 Å². The molecule has 1 saturated heterocycles. The summed E-state index contributed by atoms with van der Waals surface area (Å²) in [5.41, 5.74) is -0.501. The van der Waals surface area contributed by atoms with Crippen LogP contribution in [-0.4, -0.2) is 40.6 Å². The number of hydrogen-bond acceptors (Lipinski definition) is 2. The number of piperidine rings is 1. The van der Waals surface area contributed by atoms with Crippen LogP contribution in [0.25, 0.3) is 0 Å². The fraction of sp³-hybridized carbons (Fsp3) is 0.857. The zero-order chi connectivity index (χ0) is 14.6. The zero-order valence-corrected chi connectivity index (χ0v) is 12.4. The fourth-order valence-electron chi connectivity index (χ4n) is 2.55. The van der Waals surface area contributed by atoms with Crippen LogP contribution >= 0.6 is 0 Å². The Hall–Kier alpha value is -1.26. The number of aliphatic carboxylic acids is 1. The van der Waals surface area contributed by atoms with Gasteiger partial charge in [-0.15, -0.1) is 0 Å². The summed E-state index contributed by atoms with van der Waals surface area (Å²) < 4.78 is 0. The number of hydrogen-bond donors (Lipinski definition) is 2. The van der Waals surface area contributed by atoms with E-state index in [2.05, 4.69) is 12.2 Å². The number of carbonyl (C=O) groups excluding carboxylic acids is 1. The molecule has 2 atom stereocenters. The van der Waals surface area contributed by atoms with Gasteiger partial charge in [0.2, 0.25) is 0 Å². The normalized spacial score (nSPS) is 21.9. The van der Waals surface area contributed by atoms with Crippen LogP contribution in [0, 0.1) is 5.41 Å². The number of carboxylic acids is 1. The van der Waals surface area contributed by atoms with Crippen molar-refractivity contribution in [3.63, 3.8) is 0 Å². The highest BCUT2D eigenvalue weighted by Crippen LogP contribution is 2.22. The first-order valence-electron chi connectivity index (χ1n) is 7.07. The van der Waals surface area contributed by atoms with Crippen LogP contribution in [0.1, 0.15) is 53.4 Å². The average molecular weight is 270 g/mol. The highest BCUT2D eigenvalue weighted by molar-refractivity contribution is 5.83. The van der Waals surface area contributed by atoms with E-state index in [0.29, 0.717) is 0 Å². The van der Waals surface area contributed by atoms with Gasteiger partial charge in [0.25, 0.3) is 0 Å². The first-order chi connectivity index (χ1) is 8.77. The molecule has 1 fully saturated rings. The van der Waals surface area contributed by atoms with Gasteiger partial charge in [-0.2, -0.15) is 0 Å². The number of nitrogens with zero attached hydrogens (tertiary/aromatic N) is 1. The van der Waals surface area contributed by atoms with E-state index in [-0.39, 0.29) is 12.1 Å². The summed E-state index contributed by atoms with van der Waals surface area (Å²) in [5.74, 6) is -0.981. The minimum Gasteiger partial charge on any atom is -0.480 e. The third-order valence-corrected chi connectivity index (χ3v) is 3.74. The molecule has 0 bridgehead atoms. The van der Waals surface area contributed by atoms with Crippen molar-refractivity contribution in [3.8, 4) is 0 Å². The molecule has 0 aromatic rings. The predicted octanol–water partition coefficient (Wildman–Crippen LogP) is 2.46. The molecule has 0 spiro atoms. The standard InChI is InChI=1S/C14H26N2O3/c1-5-10-8-6-7-9-16(10)13(19)15-11(12(17)18)14(2,3)4/h10-11H,5-9H2,1-4H3,(H,15,19)(H,17,18)/t10?,11-/m1/s1. The molecular formula is C14H26N2O3. The summed E-state index contributed by atoms with van der Waals surface area (Å²) in [6, 6.07) is -0.864. The smallest absolute Gasteiger partial charge is 0.326 e. The molecule has 0 aliphatic carbocycles. The Morgan fingerprint density at radius 2 is 2.00 bits per heavy atom. The molecule has 0 radical (unpaired) electrons. The second-order valence-corrected chi connectivity index (χ2v) is 6.34. The SMILES string of the molecule is CCC1CCCCN1C(=O)N[C@H](C(=O)O)C(C)(C)C. The minimum atomic E-state index is -0.981. The Bertz CT molecular complexity index is 336. The average Bonchev–Trinajstić information content (AvgIpc) is 2.33. The van der Waals surface area contributed by atoms with E-state index >= 15 is 0 Å². The first-order valence-corrected chi connectivity index (χ1v) is 7.07. The molecule has 19 heavy (non-hydrogen) atoms. The van der Waals surface area contributed by atoms with Gasteiger partial charge in [0.05, 0.1) is 0 Å². The Morgan fingerprint density at radius 1 is 1.37 bits per heavy atom. The lowest BCUT2D eigenvalue weighted by Crippen LogP contribution is -2.56. The second-order valence-electron chi connectivity index (χ2n) is 6.34. The van der Waals surface area contributed by atoms with Gasteiger partial charge >= 0.3 is 12.0 Å². The molecule has 1 aliphatic heterocycles. The number of carboxylic acid groups (broad SMARTS) is 1. The van der Waals surface area contributed by atoms with Crippen molar-refractivity contribution >= 4 is 12.0 Å². The molecule has 5 nitrogen and oxygen atoms in total. The molecule has 110 valence electrons. The number of likely N-dealkylation sites (tertiary alicyclic amines) is 1. The number of nitrogens with one attached hydrogen (secondary N) is 1. The number of amides is 2. The fourth-order valence-corrected chi connectivity index (χ4v) is 2.55. The summed E-state index contributed by atoms with van der Waals surface area (Å²) in [4.78, 5) is 25.4. The molecule has 1 heterocycles. The van der Waals surface area contributed by atoms with Gasteiger partial charge in [0.1, 0.15) is 6.04 Å². The van der Waals surface area contributed by atoms with Crippen LogP contribution in [0.4, 0.5) is 4.79 Å². The molecule has 5 heteroatoms. The van der Waals surface area contributed by atoms with Crippen LogP contribution in [0.2, 0.25) is 0 Å². The van der Waals surface area contributed by atoms with Crippen molar-refractivity contribution in [2.75, 3.05) is 6.54 Å². The summed E-state index contributed by atoms with van der Waals surface area (Å²) in [6.45, 7) is 8.24. The van der Waals surface area contributed by atoms with Crippen molar-refractivity contribution in [1.29, 1.82) is 0 Å². The lowest BCUT2D eigenvalue weighted by molar-refractivity contribution is -0.142. The number of rotatable bonds is 3. The maximum atomic E-state index is 12.3. The van der Waals surface area contributed by atoms with E-state index in [0.717, 1.165) is 32.2 Å². The van der Waals surface area contributed by atoms with Crippen molar-refractivity contribution in [1.82, 2.24) is 10.2 Å². The van der Waals surface area contributed by atoms with Gasteiger partial charge in [-0.05, 0) is 31.1 Å². The van der Waals surface area contributed by atoms with Crippen molar-refractivity contribution in [3.05, 3.63) is 0 Å². The predicted molar refractivity (Wildman–Crippen MR) is 74.0 cm³/mol. The molecule has 0 aromatic carbocycles. The highest BCUT2D eigenvalue weighted by Gasteiger charge is 2.35. The highest BCUT2D eigenvalue weighted by atomic mass is 16.4. The van der Waals surface area contributed by atoms with Gasteiger partial charge in [-0.25, -0.2) is 9.59 Å². The third-order valence-electron chi connectivity index (χ3n) is 3.74. The van der Waals surface area contributed by atoms with E-state index in [1.54, 1.807) is 4.90 Å². The number of urea groups is 1. The first kappa shape index (κ1) is 15.8. The van der Waals surface area contributed by atoms with Gasteiger partial charge in [0, 0.05) is 12.6 Å². The van der Waals surface area contributed by atoms with Crippen LogP contribution in [0.15, 0.2) is 0 Å². The van der Waals surface area contributed by atoms with Gasteiger partial charge in [0.15, 0.2) is 0 Å². The van der Waals surface area contributed by atoms with Crippen LogP contribution in [-0.2, 0) is 4.79 Å². The van der Waals surface area contributed by atoms with Crippen LogP contribution < -0.4 is 5.32 Å². The minimum absolute atomic E-state index is 0.239. The second kappa shape index (κ2) is 6.26.